The van der Waals surface area contributed by atoms with Gasteiger partial charge in [-0.05, 0) is 19.1 Å². The number of hydrogen-bond acceptors (Lipinski definition) is 2. The summed E-state index contributed by atoms with van der Waals surface area (Å²) < 4.78 is 0. The van der Waals surface area contributed by atoms with E-state index in [4.69, 9.17) is 5.11 Å². The molecule has 0 unspecified atom stereocenters. The first-order chi connectivity index (χ1) is 7.09. The minimum absolute atomic E-state index is 0.302. The number of carbonyl (C=O) groups excluding carboxylic acids is 1. The molecule has 0 atom stereocenters. The molecule has 4 nitrogen and oxygen atoms in total. The fraction of sp³-hybridized carbons (Fsp3) is 0.0909. The van der Waals surface area contributed by atoms with E-state index in [1.165, 1.54) is 6.92 Å². The predicted molar refractivity (Wildman–Crippen MR) is 55.3 cm³/mol. The van der Waals surface area contributed by atoms with Crippen LogP contribution in [0.5, 0.6) is 0 Å². The molecule has 0 saturated carbocycles. The largest absolute Gasteiger partial charge is 0.478 e. The second kappa shape index (κ2) is 4.95. The van der Waals surface area contributed by atoms with Crippen LogP contribution < -0.4 is 5.32 Å². The monoisotopic (exact) mass is 205 g/mol. The number of rotatable bonds is 3. The topological polar surface area (TPSA) is 66.4 Å². The number of carbonyl (C=O) groups is 2. The lowest BCUT2D eigenvalue weighted by molar-refractivity contribution is -0.131. The van der Waals surface area contributed by atoms with Crippen molar-refractivity contribution in [2.45, 2.75) is 6.92 Å². The van der Waals surface area contributed by atoms with Crippen molar-refractivity contribution in [1.29, 1.82) is 0 Å². The summed E-state index contributed by atoms with van der Waals surface area (Å²) in [4.78, 5) is 21.8. The molecule has 1 amide bonds. The Morgan fingerprint density at radius 1 is 1.27 bits per heavy atom. The van der Waals surface area contributed by atoms with E-state index < -0.39 is 5.97 Å². The summed E-state index contributed by atoms with van der Waals surface area (Å²) in [7, 11) is 0. The Kier molecular flexibility index (Phi) is 3.62. The van der Waals surface area contributed by atoms with Crippen molar-refractivity contribution in [2.75, 3.05) is 0 Å². The lowest BCUT2D eigenvalue weighted by atomic mass is 10.2. The van der Waals surface area contributed by atoms with Crippen molar-refractivity contribution in [2.24, 2.45) is 0 Å². The average molecular weight is 205 g/mol. The highest BCUT2D eigenvalue weighted by atomic mass is 16.4. The maximum Gasteiger partial charge on any atom is 0.330 e. The van der Waals surface area contributed by atoms with Crippen LogP contribution in [0.1, 0.15) is 17.3 Å². The molecule has 4 heteroatoms. The van der Waals surface area contributed by atoms with Gasteiger partial charge in [0.1, 0.15) is 0 Å². The number of nitrogens with one attached hydrogen (secondary N) is 1. The van der Waals surface area contributed by atoms with Crippen LogP contribution in [0, 0.1) is 0 Å². The summed E-state index contributed by atoms with van der Waals surface area (Å²) in [5, 5.41) is 10.9. The van der Waals surface area contributed by atoms with Crippen LogP contribution in [0.15, 0.2) is 42.1 Å². The van der Waals surface area contributed by atoms with Crippen LogP contribution in [-0.2, 0) is 4.79 Å². The van der Waals surface area contributed by atoms with Crippen molar-refractivity contribution in [3.05, 3.63) is 47.7 Å². The number of carboxylic acids is 1. The van der Waals surface area contributed by atoms with Crippen molar-refractivity contribution in [3.63, 3.8) is 0 Å². The van der Waals surface area contributed by atoms with Crippen LogP contribution in [0.4, 0.5) is 0 Å². The van der Waals surface area contributed by atoms with Crippen molar-refractivity contribution >= 4 is 11.9 Å². The van der Waals surface area contributed by atoms with Crippen molar-refractivity contribution in [3.8, 4) is 0 Å². The maximum atomic E-state index is 11.5. The SMILES string of the molecule is C/C(=C/C(=O)O)NC(=O)c1ccccc1. The fourth-order valence-corrected chi connectivity index (χ4v) is 1.06. The zero-order chi connectivity index (χ0) is 11.3. The lowest BCUT2D eigenvalue weighted by Gasteiger charge is -2.03. The standard InChI is InChI=1S/C11H11NO3/c1-8(7-10(13)14)12-11(15)9-5-3-2-4-6-9/h2-7H,1H3,(H,12,15)(H,13,14)/b8-7-. The van der Waals surface area contributed by atoms with Crippen LogP contribution in [0.3, 0.4) is 0 Å². The normalized spacial score (nSPS) is 10.9. The predicted octanol–water partition coefficient (Wildman–Crippen LogP) is 1.40. The summed E-state index contributed by atoms with van der Waals surface area (Å²) in [5.41, 5.74) is 0.798. The van der Waals surface area contributed by atoms with Gasteiger partial charge in [0, 0.05) is 17.3 Å². The minimum atomic E-state index is -1.08. The number of amides is 1. The zero-order valence-electron chi connectivity index (χ0n) is 8.23. The third-order valence-corrected chi connectivity index (χ3v) is 1.69. The van der Waals surface area contributed by atoms with Crippen LogP contribution in [-0.4, -0.2) is 17.0 Å². The molecule has 0 aliphatic carbocycles. The van der Waals surface area contributed by atoms with E-state index in [0.29, 0.717) is 11.3 Å². The smallest absolute Gasteiger partial charge is 0.330 e. The Labute approximate surface area is 87.2 Å². The first-order valence-corrected chi connectivity index (χ1v) is 4.37. The van der Waals surface area contributed by atoms with Crippen LogP contribution in [0.2, 0.25) is 0 Å². The molecule has 0 saturated heterocycles. The highest BCUT2D eigenvalue weighted by Crippen LogP contribution is 1.99. The Hall–Kier alpha value is -2.10. The fourth-order valence-electron chi connectivity index (χ4n) is 1.06. The van der Waals surface area contributed by atoms with Crippen molar-refractivity contribution < 1.29 is 14.7 Å². The molecule has 1 aromatic carbocycles. The summed E-state index contributed by atoms with van der Waals surface area (Å²) in [6.45, 7) is 1.52. The van der Waals surface area contributed by atoms with Crippen LogP contribution in [0.25, 0.3) is 0 Å². The van der Waals surface area contributed by atoms with Gasteiger partial charge in [-0.1, -0.05) is 18.2 Å². The third kappa shape index (κ3) is 3.64. The summed E-state index contributed by atoms with van der Waals surface area (Å²) in [6, 6.07) is 8.60. The molecule has 0 bridgehead atoms. The molecule has 0 radical (unpaired) electrons. The van der Waals surface area contributed by atoms with Gasteiger partial charge in [0.15, 0.2) is 0 Å². The van der Waals surface area contributed by atoms with E-state index in [1.807, 2.05) is 0 Å². The van der Waals surface area contributed by atoms with Gasteiger partial charge in [0.2, 0.25) is 0 Å². The Morgan fingerprint density at radius 3 is 2.40 bits per heavy atom. The van der Waals surface area contributed by atoms with Crippen molar-refractivity contribution in [1.82, 2.24) is 5.32 Å². The van der Waals surface area contributed by atoms with Gasteiger partial charge in [0.05, 0.1) is 0 Å². The third-order valence-electron chi connectivity index (χ3n) is 1.69. The van der Waals surface area contributed by atoms with E-state index in [-0.39, 0.29) is 5.91 Å². The van der Waals surface area contributed by atoms with E-state index in [2.05, 4.69) is 5.32 Å². The molecule has 1 aromatic rings. The molecule has 0 spiro atoms. The van der Waals surface area contributed by atoms with Gasteiger partial charge in [-0.25, -0.2) is 4.79 Å². The summed E-state index contributed by atoms with van der Waals surface area (Å²) >= 11 is 0. The molecule has 1 rings (SSSR count). The average Bonchev–Trinajstić information content (AvgIpc) is 2.17. The highest BCUT2D eigenvalue weighted by molar-refractivity contribution is 5.95. The molecule has 0 fully saturated rings. The molecular weight excluding hydrogens is 194 g/mol. The molecule has 0 heterocycles. The molecule has 0 aromatic heterocycles. The summed E-state index contributed by atoms with van der Waals surface area (Å²) in [6.07, 6.45) is 0.945. The second-order valence-corrected chi connectivity index (χ2v) is 2.99. The molecule has 0 aliphatic rings. The lowest BCUT2D eigenvalue weighted by Crippen LogP contribution is -2.21. The Morgan fingerprint density at radius 2 is 1.87 bits per heavy atom. The van der Waals surface area contributed by atoms with Gasteiger partial charge < -0.3 is 10.4 Å². The number of allylic oxidation sites excluding steroid dienone is 1. The van der Waals surface area contributed by atoms with Gasteiger partial charge in [-0.2, -0.15) is 0 Å². The first kappa shape index (κ1) is 11.0. The summed E-state index contributed by atoms with van der Waals surface area (Å²) in [5.74, 6) is -1.40. The van der Waals surface area contributed by atoms with Gasteiger partial charge in [-0.15, -0.1) is 0 Å². The van der Waals surface area contributed by atoms with E-state index in [0.717, 1.165) is 6.08 Å². The van der Waals surface area contributed by atoms with Gasteiger partial charge in [-0.3, -0.25) is 4.79 Å². The first-order valence-electron chi connectivity index (χ1n) is 4.37. The number of aliphatic carboxylic acids is 1. The Balaban J connectivity index is 2.69. The minimum Gasteiger partial charge on any atom is -0.478 e. The Bertz CT molecular complexity index is 396. The second-order valence-electron chi connectivity index (χ2n) is 2.99. The van der Waals surface area contributed by atoms with Gasteiger partial charge in [0.25, 0.3) is 5.91 Å². The van der Waals surface area contributed by atoms with Gasteiger partial charge >= 0.3 is 5.97 Å². The van der Waals surface area contributed by atoms with E-state index in [9.17, 15) is 9.59 Å². The maximum absolute atomic E-state index is 11.5. The van der Waals surface area contributed by atoms with E-state index in [1.54, 1.807) is 30.3 Å². The number of benzene rings is 1. The molecule has 78 valence electrons. The highest BCUT2D eigenvalue weighted by Gasteiger charge is 2.04. The number of carboxylic acid groups (broad SMARTS) is 1. The number of hydrogen-bond donors (Lipinski definition) is 2. The van der Waals surface area contributed by atoms with Crippen LogP contribution >= 0.6 is 0 Å². The molecule has 0 aliphatic heterocycles. The van der Waals surface area contributed by atoms with E-state index >= 15 is 0 Å². The quantitative estimate of drug-likeness (QED) is 0.733. The zero-order valence-corrected chi connectivity index (χ0v) is 8.23. The molecular formula is C11H11NO3. The molecule has 15 heavy (non-hydrogen) atoms. The molecule has 2 N–H and O–H groups in total.